The average Bonchev–Trinajstić information content (AvgIpc) is 2.18. The van der Waals surface area contributed by atoms with Crippen molar-refractivity contribution < 1.29 is 81.1 Å². The molecule has 11 heteroatoms. The number of carbonyl (C=O) groups excluding carboxylic acids is 3. The second kappa shape index (κ2) is 26.6. The van der Waals surface area contributed by atoms with Crippen molar-refractivity contribution in [3.63, 3.8) is 0 Å². The molecule has 0 aromatic rings. The molecule has 0 saturated carbocycles. The average molecular weight is 370 g/mol. The quantitative estimate of drug-likeness (QED) is 0.434. The second-order valence-corrected chi connectivity index (χ2v) is 2.12. The third-order valence-electron chi connectivity index (χ3n) is 0.670. The van der Waals surface area contributed by atoms with Crippen LogP contribution < -0.4 is 66.7 Å². The molecule has 20 heavy (non-hydrogen) atoms. The van der Waals surface area contributed by atoms with Crippen molar-refractivity contribution in [3.05, 3.63) is 0 Å². The Kier molecular flexibility index (Phi) is 41.8. The van der Waals surface area contributed by atoms with Crippen LogP contribution in [0.2, 0.25) is 0 Å². The molecular weight excluding hydrogens is 364 g/mol. The van der Waals surface area contributed by atoms with Gasteiger partial charge in [-0.1, -0.05) is 0 Å². The summed E-state index contributed by atoms with van der Waals surface area (Å²) in [4.78, 5) is 27.8. The molecule has 4 radical (unpaired) electrons. The van der Waals surface area contributed by atoms with E-state index in [1.54, 1.807) is 0 Å². The van der Waals surface area contributed by atoms with E-state index in [0.29, 0.717) is 0 Å². The number of hydrogen-bond acceptors (Lipinski definition) is 9. The molecule has 9 nitrogen and oxygen atoms in total. The number of carbonyl (C=O) groups is 3. The molecule has 0 aliphatic rings. The molecule has 100 valence electrons. The molecule has 0 fully saturated rings. The van der Waals surface area contributed by atoms with Gasteiger partial charge >= 0.3 is 68.5 Å². The summed E-state index contributed by atoms with van der Waals surface area (Å²) in [6.45, 7) is 0. The van der Waals surface area contributed by atoms with Gasteiger partial charge in [0.1, 0.15) is 0 Å². The minimum Gasteiger partial charge on any atom is -0.549 e. The zero-order valence-corrected chi connectivity index (χ0v) is 15.2. The summed E-state index contributed by atoms with van der Waals surface area (Å²) in [5.41, 5.74) is 0. The Labute approximate surface area is 167 Å². The fraction of sp³-hybridized carbons (Fsp3) is 0.333. The van der Waals surface area contributed by atoms with Gasteiger partial charge in [0.2, 0.25) is 0 Å². The summed E-state index contributed by atoms with van der Waals surface area (Å²) in [5.74, 6) is -3.97. The summed E-state index contributed by atoms with van der Waals surface area (Å²) in [6.07, 6.45) is -1.54. The van der Waals surface area contributed by atoms with E-state index in [2.05, 4.69) is 0 Å². The van der Waals surface area contributed by atoms with Crippen molar-refractivity contribution >= 4 is 35.0 Å². The molecule has 0 atom stereocenters. The Morgan fingerprint density at radius 3 is 0.850 bits per heavy atom. The van der Waals surface area contributed by atoms with Crippen LogP contribution in [0.15, 0.2) is 0 Å². The third-order valence-corrected chi connectivity index (χ3v) is 0.670. The molecule has 0 aliphatic heterocycles. The minimum absolute atomic E-state index is 0. The van der Waals surface area contributed by atoms with Gasteiger partial charge in [-0.3, -0.25) is 0 Å². The first-order valence-electron chi connectivity index (χ1n) is 4.02. The van der Waals surface area contributed by atoms with Gasteiger partial charge in [0.25, 0.3) is 0 Å². The molecular formula is C9H6KN3O6Se. The van der Waals surface area contributed by atoms with E-state index in [1.807, 2.05) is 0 Å². The zero-order chi connectivity index (χ0) is 15.0. The van der Waals surface area contributed by atoms with Crippen molar-refractivity contribution in [2.45, 2.75) is 19.3 Å². The van der Waals surface area contributed by atoms with Crippen molar-refractivity contribution in [3.8, 4) is 18.2 Å². The van der Waals surface area contributed by atoms with E-state index in [-0.39, 0.29) is 68.5 Å². The Hall–Kier alpha value is -0.964. The first kappa shape index (κ1) is 31.4. The number of carboxylic acid groups (broad SMARTS) is 3. The van der Waals surface area contributed by atoms with Crippen LogP contribution in [0.1, 0.15) is 19.3 Å². The van der Waals surface area contributed by atoms with Crippen LogP contribution in [0, 0.1) is 34.0 Å². The van der Waals surface area contributed by atoms with Gasteiger partial charge in [-0.15, -0.1) is 0 Å². The maximum atomic E-state index is 9.27. The predicted octanol–water partition coefficient (Wildman–Crippen LogP) is -7.43. The van der Waals surface area contributed by atoms with Gasteiger partial charge < -0.3 is 29.7 Å². The molecule has 0 aliphatic carbocycles. The van der Waals surface area contributed by atoms with Gasteiger partial charge in [-0.05, 0) is 0 Å². The smallest absolute Gasteiger partial charge is 0.549 e. The summed E-state index contributed by atoms with van der Waals surface area (Å²) >= 11 is 0. The van der Waals surface area contributed by atoms with E-state index >= 15 is 0 Å². The molecule has 0 bridgehead atoms. The summed E-state index contributed by atoms with van der Waals surface area (Å²) < 4.78 is 0. The number of rotatable bonds is 3. The van der Waals surface area contributed by atoms with E-state index in [4.69, 9.17) is 15.8 Å². The van der Waals surface area contributed by atoms with Gasteiger partial charge in [-0.25, -0.2) is 0 Å². The minimum atomic E-state index is -1.32. The fourth-order valence-electron chi connectivity index (χ4n) is 0.194. The maximum absolute atomic E-state index is 9.27. The maximum Gasteiger partial charge on any atom is 2.00 e. The third kappa shape index (κ3) is 67.8. The Bertz CT molecular complexity index is 348. The molecule has 0 N–H and O–H groups in total. The van der Waals surface area contributed by atoms with Crippen LogP contribution >= 0.6 is 0 Å². The Balaban J connectivity index is -0.0000000536. The van der Waals surface area contributed by atoms with E-state index in [9.17, 15) is 29.7 Å². The van der Waals surface area contributed by atoms with Crippen molar-refractivity contribution in [2.75, 3.05) is 0 Å². The first-order valence-corrected chi connectivity index (χ1v) is 4.02. The van der Waals surface area contributed by atoms with Crippen molar-refractivity contribution in [1.82, 2.24) is 0 Å². The van der Waals surface area contributed by atoms with Crippen LogP contribution in [-0.2, 0) is 14.4 Å². The molecule has 0 rings (SSSR count). The topological polar surface area (TPSA) is 192 Å². The zero-order valence-electron chi connectivity index (χ0n) is 10.3. The predicted molar refractivity (Wildman–Crippen MR) is 51.5 cm³/mol. The molecule has 0 aromatic carbocycles. The largest absolute Gasteiger partial charge is 2.00 e. The SMILES string of the molecule is N#CCC(=O)[O-].N#CCC(=O)[O-].N#CCC(=O)[O-].[K+].[Se+2]. The van der Waals surface area contributed by atoms with Gasteiger partial charge in [-0.2, -0.15) is 15.8 Å². The molecule has 0 spiro atoms. The standard InChI is InChI=1S/3C3H3NO2.K.Se/c3*4-2-1-3(5)6;;/h3*1H2,(H,5,6);;/q;;;+1;+2/p-3. The van der Waals surface area contributed by atoms with E-state index in [0.717, 1.165) is 0 Å². The van der Waals surface area contributed by atoms with Gasteiger partial charge in [0.15, 0.2) is 0 Å². The second-order valence-electron chi connectivity index (χ2n) is 2.12. The summed E-state index contributed by atoms with van der Waals surface area (Å²) in [7, 11) is 0. The van der Waals surface area contributed by atoms with Crippen molar-refractivity contribution in [2.24, 2.45) is 0 Å². The number of hydrogen-bond donors (Lipinski definition) is 0. The molecule has 0 aromatic heterocycles. The van der Waals surface area contributed by atoms with E-state index in [1.165, 1.54) is 18.2 Å². The number of nitriles is 3. The Morgan fingerprint density at radius 1 is 0.700 bits per heavy atom. The monoisotopic (exact) mass is 371 g/mol. The van der Waals surface area contributed by atoms with Crippen molar-refractivity contribution in [1.29, 1.82) is 15.8 Å². The first-order chi connectivity index (χ1) is 8.31. The Morgan fingerprint density at radius 2 is 0.850 bits per heavy atom. The molecule has 0 heterocycles. The normalized spacial score (nSPS) is 5.85. The summed E-state index contributed by atoms with van der Waals surface area (Å²) in [6, 6.07) is 4.22. The van der Waals surface area contributed by atoms with Gasteiger partial charge in [0, 0.05) is 0 Å². The summed E-state index contributed by atoms with van der Waals surface area (Å²) in [5, 5.41) is 50.5. The number of nitrogens with zero attached hydrogens (tertiary/aromatic N) is 3. The van der Waals surface area contributed by atoms with Crippen LogP contribution in [0.5, 0.6) is 0 Å². The van der Waals surface area contributed by atoms with Gasteiger partial charge in [0.05, 0.1) is 55.4 Å². The van der Waals surface area contributed by atoms with Crippen LogP contribution in [-0.4, -0.2) is 35.0 Å². The molecule has 0 unspecified atom stereocenters. The fourth-order valence-corrected chi connectivity index (χ4v) is 0.194. The van der Waals surface area contributed by atoms with E-state index < -0.39 is 37.2 Å². The van der Waals surface area contributed by atoms with Crippen LogP contribution in [0.25, 0.3) is 0 Å². The van der Waals surface area contributed by atoms with Crippen LogP contribution in [0.3, 0.4) is 0 Å². The van der Waals surface area contributed by atoms with Crippen LogP contribution in [0.4, 0.5) is 0 Å². The number of aliphatic carboxylic acids is 3. The molecule has 0 amide bonds. The number of carboxylic acids is 3. The molecule has 0 saturated heterocycles.